The summed E-state index contributed by atoms with van der Waals surface area (Å²) in [7, 11) is 0. The number of carbonyl (C=O) groups is 2. The third-order valence-corrected chi connectivity index (χ3v) is 5.30. The fraction of sp³-hybridized carbons (Fsp3) is 0.0870. The Morgan fingerprint density at radius 2 is 1.67 bits per heavy atom. The Hall–Kier alpha value is -3.71. The number of amides is 2. The predicted molar refractivity (Wildman–Crippen MR) is 117 cm³/mol. The topological polar surface area (TPSA) is 76.0 Å². The minimum absolute atomic E-state index is 0.244. The Kier molecular flexibility index (Phi) is 6.01. The van der Waals surface area contributed by atoms with E-state index in [-0.39, 0.29) is 5.91 Å². The van der Waals surface area contributed by atoms with Crippen LogP contribution in [0.5, 0.6) is 0 Å². The molecule has 4 rings (SSSR count). The van der Waals surface area contributed by atoms with E-state index in [4.69, 9.17) is 0 Å². The minimum atomic E-state index is -0.417. The molecule has 0 saturated carbocycles. The molecule has 2 N–H and O–H groups in total. The van der Waals surface area contributed by atoms with E-state index in [1.165, 1.54) is 0 Å². The van der Waals surface area contributed by atoms with Crippen molar-refractivity contribution in [2.24, 2.45) is 0 Å². The molecule has 0 bridgehead atoms. The van der Waals surface area contributed by atoms with E-state index in [0.29, 0.717) is 24.1 Å². The van der Waals surface area contributed by atoms with Gasteiger partial charge in [-0.2, -0.15) is 16.4 Å². The lowest BCUT2D eigenvalue weighted by Gasteiger charge is -2.07. The number of benzene rings is 2. The van der Waals surface area contributed by atoms with Crippen molar-refractivity contribution in [1.82, 2.24) is 20.6 Å². The Labute approximate surface area is 178 Å². The summed E-state index contributed by atoms with van der Waals surface area (Å²) in [6, 6.07) is 21.0. The van der Waals surface area contributed by atoms with Crippen molar-refractivity contribution < 1.29 is 9.59 Å². The van der Waals surface area contributed by atoms with Crippen molar-refractivity contribution in [3.05, 3.63) is 94.8 Å². The highest BCUT2D eigenvalue weighted by molar-refractivity contribution is 7.07. The van der Waals surface area contributed by atoms with Crippen LogP contribution in [0.1, 0.15) is 22.3 Å². The van der Waals surface area contributed by atoms with Crippen LogP contribution in [0.4, 0.5) is 0 Å². The summed E-state index contributed by atoms with van der Waals surface area (Å²) >= 11 is 1.60. The summed E-state index contributed by atoms with van der Waals surface area (Å²) in [5, 5.41) is 8.60. The lowest BCUT2D eigenvalue weighted by molar-refractivity contribution is -0.121. The summed E-state index contributed by atoms with van der Waals surface area (Å²) in [5.41, 5.74) is 8.71. The lowest BCUT2D eigenvalue weighted by atomic mass is 10.1. The number of hydrazine groups is 1. The van der Waals surface area contributed by atoms with Crippen LogP contribution in [0.15, 0.2) is 83.7 Å². The third-order valence-electron chi connectivity index (χ3n) is 4.56. The molecule has 0 atom stereocenters. The SMILES string of the molecule is O=C(CCc1ccsc1)NNC(=O)c1cn(-c2ccccc2)nc1-c1ccccc1. The van der Waals surface area contributed by atoms with Gasteiger partial charge in [0.25, 0.3) is 5.91 Å². The number of nitrogens with zero attached hydrogens (tertiary/aromatic N) is 2. The van der Waals surface area contributed by atoms with Gasteiger partial charge < -0.3 is 0 Å². The number of hydrogen-bond donors (Lipinski definition) is 2. The molecule has 0 radical (unpaired) electrons. The van der Waals surface area contributed by atoms with E-state index >= 15 is 0 Å². The number of thiophene rings is 1. The quantitative estimate of drug-likeness (QED) is 0.467. The monoisotopic (exact) mass is 416 g/mol. The molecule has 2 amide bonds. The van der Waals surface area contributed by atoms with E-state index in [1.54, 1.807) is 22.2 Å². The highest BCUT2D eigenvalue weighted by Gasteiger charge is 2.19. The number of nitrogens with one attached hydrogen (secondary N) is 2. The van der Waals surface area contributed by atoms with Crippen LogP contribution >= 0.6 is 11.3 Å². The molecule has 2 heterocycles. The maximum Gasteiger partial charge on any atom is 0.273 e. The van der Waals surface area contributed by atoms with E-state index < -0.39 is 5.91 Å². The van der Waals surface area contributed by atoms with Gasteiger partial charge in [0.15, 0.2) is 0 Å². The number of aryl methyl sites for hydroxylation is 1. The summed E-state index contributed by atoms with van der Waals surface area (Å²) in [4.78, 5) is 25.0. The van der Waals surface area contributed by atoms with Crippen molar-refractivity contribution in [2.45, 2.75) is 12.8 Å². The third kappa shape index (κ3) is 4.64. The van der Waals surface area contributed by atoms with E-state index in [0.717, 1.165) is 16.8 Å². The van der Waals surface area contributed by atoms with Crippen LogP contribution in [0, 0.1) is 0 Å². The molecule has 0 unspecified atom stereocenters. The Bertz CT molecular complexity index is 1120. The zero-order valence-corrected chi connectivity index (χ0v) is 16.9. The first-order valence-electron chi connectivity index (χ1n) is 9.51. The Balaban J connectivity index is 1.50. The highest BCUT2D eigenvalue weighted by atomic mass is 32.1. The number of para-hydroxylation sites is 1. The molecular weight excluding hydrogens is 396 g/mol. The normalized spacial score (nSPS) is 10.5. The summed E-state index contributed by atoms with van der Waals surface area (Å²) in [5.74, 6) is -0.661. The van der Waals surface area contributed by atoms with Crippen molar-refractivity contribution in [2.75, 3.05) is 0 Å². The number of aromatic nitrogens is 2. The first-order valence-corrected chi connectivity index (χ1v) is 10.5. The van der Waals surface area contributed by atoms with E-state index in [1.807, 2.05) is 77.5 Å². The van der Waals surface area contributed by atoms with Gasteiger partial charge in [0.1, 0.15) is 5.69 Å². The fourth-order valence-corrected chi connectivity index (χ4v) is 3.71. The average molecular weight is 417 g/mol. The van der Waals surface area contributed by atoms with Crippen LogP contribution in [-0.4, -0.2) is 21.6 Å². The van der Waals surface area contributed by atoms with Crippen molar-refractivity contribution in [3.8, 4) is 16.9 Å². The van der Waals surface area contributed by atoms with Gasteiger partial charge in [-0.05, 0) is 40.9 Å². The Morgan fingerprint density at radius 3 is 2.37 bits per heavy atom. The molecule has 0 aliphatic heterocycles. The van der Waals surface area contributed by atoms with Crippen LogP contribution in [-0.2, 0) is 11.2 Å². The molecule has 0 fully saturated rings. The largest absolute Gasteiger partial charge is 0.273 e. The number of carbonyl (C=O) groups excluding carboxylic acids is 2. The maximum absolute atomic E-state index is 12.8. The van der Waals surface area contributed by atoms with Gasteiger partial charge in [-0.1, -0.05) is 48.5 Å². The van der Waals surface area contributed by atoms with Crippen molar-refractivity contribution >= 4 is 23.2 Å². The van der Waals surface area contributed by atoms with Gasteiger partial charge in [-0.3, -0.25) is 20.4 Å². The molecule has 30 heavy (non-hydrogen) atoms. The highest BCUT2D eigenvalue weighted by Crippen LogP contribution is 2.23. The first-order chi connectivity index (χ1) is 14.7. The van der Waals surface area contributed by atoms with Gasteiger partial charge in [0.2, 0.25) is 5.91 Å². The molecule has 4 aromatic rings. The van der Waals surface area contributed by atoms with Gasteiger partial charge in [-0.25, -0.2) is 4.68 Å². The van der Waals surface area contributed by atoms with Crippen LogP contribution in [0.25, 0.3) is 16.9 Å². The number of hydrogen-bond acceptors (Lipinski definition) is 4. The molecule has 2 aromatic carbocycles. The molecule has 150 valence electrons. The first kappa shape index (κ1) is 19.6. The van der Waals surface area contributed by atoms with Crippen molar-refractivity contribution in [1.29, 1.82) is 0 Å². The molecule has 2 aromatic heterocycles. The molecule has 7 heteroatoms. The second-order valence-electron chi connectivity index (χ2n) is 6.67. The zero-order chi connectivity index (χ0) is 20.8. The van der Waals surface area contributed by atoms with Gasteiger partial charge in [0.05, 0.1) is 11.3 Å². The smallest absolute Gasteiger partial charge is 0.273 e. The van der Waals surface area contributed by atoms with E-state index in [9.17, 15) is 9.59 Å². The average Bonchev–Trinajstić information content (AvgIpc) is 3.47. The standard InChI is InChI=1S/C23H20N4O2S/c28-21(12-11-17-13-14-30-16-17)24-25-23(29)20-15-27(19-9-5-2-6-10-19)26-22(20)18-7-3-1-4-8-18/h1-10,13-16H,11-12H2,(H,24,28)(H,25,29). The maximum atomic E-state index is 12.8. The van der Waals surface area contributed by atoms with Crippen molar-refractivity contribution in [3.63, 3.8) is 0 Å². The van der Waals surface area contributed by atoms with Crippen LogP contribution in [0.2, 0.25) is 0 Å². The van der Waals surface area contributed by atoms with E-state index in [2.05, 4.69) is 16.0 Å². The summed E-state index contributed by atoms with van der Waals surface area (Å²) < 4.78 is 1.66. The van der Waals surface area contributed by atoms with Gasteiger partial charge >= 0.3 is 0 Å². The fourth-order valence-electron chi connectivity index (χ4n) is 3.01. The molecule has 0 saturated heterocycles. The summed E-state index contributed by atoms with van der Waals surface area (Å²) in [6.07, 6.45) is 2.60. The van der Waals surface area contributed by atoms with Gasteiger partial charge in [0, 0.05) is 18.2 Å². The predicted octanol–water partition coefficient (Wildman–Crippen LogP) is 3.99. The van der Waals surface area contributed by atoms with Crippen LogP contribution in [0.3, 0.4) is 0 Å². The zero-order valence-electron chi connectivity index (χ0n) is 16.1. The Morgan fingerprint density at radius 1 is 0.933 bits per heavy atom. The molecule has 0 aliphatic rings. The minimum Gasteiger partial charge on any atom is -0.273 e. The van der Waals surface area contributed by atoms with Gasteiger partial charge in [-0.15, -0.1) is 0 Å². The number of rotatable bonds is 6. The summed E-state index contributed by atoms with van der Waals surface area (Å²) in [6.45, 7) is 0. The molecule has 0 spiro atoms. The second kappa shape index (κ2) is 9.19. The van der Waals surface area contributed by atoms with Crippen LogP contribution < -0.4 is 10.9 Å². The molecule has 6 nitrogen and oxygen atoms in total. The molecular formula is C23H20N4O2S. The second-order valence-corrected chi connectivity index (χ2v) is 7.45. The molecule has 0 aliphatic carbocycles. The lowest BCUT2D eigenvalue weighted by Crippen LogP contribution is -2.41.